The van der Waals surface area contributed by atoms with Crippen LogP contribution in [-0.2, 0) is 20.9 Å². The lowest BCUT2D eigenvalue weighted by molar-refractivity contribution is -0.132. The maximum atomic E-state index is 13.0. The van der Waals surface area contributed by atoms with E-state index >= 15 is 0 Å². The van der Waals surface area contributed by atoms with Gasteiger partial charge in [0.05, 0.1) is 30.6 Å². The Kier molecular flexibility index (Phi) is 8.75. The molecule has 1 saturated heterocycles. The van der Waals surface area contributed by atoms with Crippen molar-refractivity contribution >= 4 is 29.3 Å². The zero-order valence-corrected chi connectivity index (χ0v) is 20.3. The predicted octanol–water partition coefficient (Wildman–Crippen LogP) is 3.96. The Morgan fingerprint density at radius 3 is 2.75 bits per heavy atom. The van der Waals surface area contributed by atoms with Crippen molar-refractivity contribution in [1.82, 2.24) is 14.5 Å². The molecule has 0 radical (unpaired) electrons. The summed E-state index contributed by atoms with van der Waals surface area (Å²) >= 11 is 1.43. The number of nitrogens with one attached hydrogen (secondary N) is 1. The van der Waals surface area contributed by atoms with E-state index in [9.17, 15) is 9.59 Å². The van der Waals surface area contributed by atoms with E-state index in [1.807, 2.05) is 45.0 Å². The summed E-state index contributed by atoms with van der Waals surface area (Å²) in [5.41, 5.74) is 3.85. The summed E-state index contributed by atoms with van der Waals surface area (Å²) in [5.74, 6) is 0.00965. The van der Waals surface area contributed by atoms with E-state index in [-0.39, 0.29) is 30.2 Å². The van der Waals surface area contributed by atoms with E-state index in [0.29, 0.717) is 6.54 Å². The van der Waals surface area contributed by atoms with Crippen molar-refractivity contribution in [1.29, 1.82) is 0 Å². The van der Waals surface area contributed by atoms with Crippen molar-refractivity contribution in [2.24, 2.45) is 0 Å². The van der Waals surface area contributed by atoms with Crippen LogP contribution in [0, 0.1) is 20.8 Å². The molecule has 1 aliphatic rings. The number of ether oxygens (including phenoxy) is 1. The quantitative estimate of drug-likeness (QED) is 0.546. The van der Waals surface area contributed by atoms with Gasteiger partial charge in [-0.15, -0.1) is 0 Å². The molecule has 0 bridgehead atoms. The van der Waals surface area contributed by atoms with Gasteiger partial charge in [-0.05, 0) is 51.7 Å². The number of aromatic nitrogens is 2. The lowest BCUT2D eigenvalue weighted by Gasteiger charge is -2.22. The summed E-state index contributed by atoms with van der Waals surface area (Å²) in [6.45, 7) is 10.2. The Balaban J connectivity index is 1.60. The Labute approximate surface area is 194 Å². The van der Waals surface area contributed by atoms with E-state index < -0.39 is 0 Å². The van der Waals surface area contributed by atoms with E-state index in [2.05, 4.69) is 21.8 Å². The minimum atomic E-state index is -0.183. The first kappa shape index (κ1) is 24.3. The monoisotopic (exact) mass is 458 g/mol. The number of rotatable bonds is 10. The lowest BCUT2D eigenvalue weighted by atomic mass is 10.2. The minimum absolute atomic E-state index is 0.0456. The Morgan fingerprint density at radius 2 is 2.06 bits per heavy atom. The summed E-state index contributed by atoms with van der Waals surface area (Å²) in [4.78, 5) is 31.9. The van der Waals surface area contributed by atoms with Crippen LogP contribution in [0.1, 0.15) is 43.1 Å². The smallest absolute Gasteiger partial charge is 0.244 e. The number of thioether (sulfide) groups is 1. The molecule has 1 aromatic heterocycles. The molecule has 1 fully saturated rings. The zero-order chi connectivity index (χ0) is 23.1. The molecular formula is C24H34N4O3S. The standard InChI is InChI=1S/C24H34N4O3S/c1-5-12-27(15-22(29)26-21-11-7-6-9-17(21)2)23(30)16-32-24-25-18(3)19(4)28(24)14-20-10-8-13-31-20/h6-7,9,11,20H,5,8,10,12-16H2,1-4H3,(H,26,29)/t20-/m0/s1. The van der Waals surface area contributed by atoms with Gasteiger partial charge in [-0.3, -0.25) is 9.59 Å². The second kappa shape index (κ2) is 11.5. The summed E-state index contributed by atoms with van der Waals surface area (Å²) < 4.78 is 7.96. The van der Waals surface area contributed by atoms with Gasteiger partial charge < -0.3 is 19.5 Å². The molecule has 174 valence electrons. The minimum Gasteiger partial charge on any atom is -0.376 e. The second-order valence-corrected chi connectivity index (χ2v) is 9.22. The van der Waals surface area contributed by atoms with Gasteiger partial charge in [0.15, 0.2) is 5.16 Å². The third-order valence-electron chi connectivity index (χ3n) is 5.76. The van der Waals surface area contributed by atoms with Crippen molar-refractivity contribution in [2.75, 3.05) is 30.8 Å². The highest BCUT2D eigenvalue weighted by molar-refractivity contribution is 7.99. The molecular weight excluding hydrogens is 424 g/mol. The molecule has 3 rings (SSSR count). The van der Waals surface area contributed by atoms with Crippen LogP contribution < -0.4 is 5.32 Å². The number of aryl methyl sites for hydroxylation is 2. The number of carbonyl (C=O) groups excluding carboxylic acids is 2. The number of anilines is 1. The highest BCUT2D eigenvalue weighted by Gasteiger charge is 2.22. The molecule has 32 heavy (non-hydrogen) atoms. The number of hydrogen-bond acceptors (Lipinski definition) is 5. The molecule has 7 nitrogen and oxygen atoms in total. The molecule has 1 aromatic carbocycles. The molecule has 1 N–H and O–H groups in total. The number of carbonyl (C=O) groups is 2. The highest BCUT2D eigenvalue weighted by atomic mass is 32.2. The van der Waals surface area contributed by atoms with Gasteiger partial charge in [0.1, 0.15) is 0 Å². The zero-order valence-electron chi connectivity index (χ0n) is 19.5. The number of benzene rings is 1. The highest BCUT2D eigenvalue weighted by Crippen LogP contribution is 2.24. The molecule has 8 heteroatoms. The van der Waals surface area contributed by atoms with Crippen LogP contribution >= 0.6 is 11.8 Å². The number of hydrogen-bond donors (Lipinski definition) is 1. The first-order valence-electron chi connectivity index (χ1n) is 11.3. The Morgan fingerprint density at radius 1 is 1.28 bits per heavy atom. The molecule has 1 atom stereocenters. The second-order valence-electron chi connectivity index (χ2n) is 8.28. The summed E-state index contributed by atoms with van der Waals surface area (Å²) in [7, 11) is 0. The molecule has 2 amide bonds. The fourth-order valence-electron chi connectivity index (χ4n) is 3.80. The van der Waals surface area contributed by atoms with Crippen LogP contribution in [-0.4, -0.2) is 57.8 Å². The van der Waals surface area contributed by atoms with E-state index in [4.69, 9.17) is 4.74 Å². The van der Waals surface area contributed by atoms with Crippen molar-refractivity contribution < 1.29 is 14.3 Å². The third kappa shape index (κ3) is 6.36. The van der Waals surface area contributed by atoms with Crippen LogP contribution in [0.5, 0.6) is 0 Å². The fourth-order valence-corrected chi connectivity index (χ4v) is 4.80. The molecule has 0 unspecified atom stereocenters. The van der Waals surface area contributed by atoms with E-state index in [1.54, 1.807) is 4.90 Å². The number of imidazole rings is 1. The number of amides is 2. The van der Waals surface area contributed by atoms with Gasteiger partial charge >= 0.3 is 0 Å². The van der Waals surface area contributed by atoms with Crippen LogP contribution in [0.15, 0.2) is 29.4 Å². The van der Waals surface area contributed by atoms with Crippen LogP contribution in [0.2, 0.25) is 0 Å². The van der Waals surface area contributed by atoms with Crippen molar-refractivity contribution in [3.63, 3.8) is 0 Å². The Bertz CT molecular complexity index is 937. The molecule has 2 heterocycles. The third-order valence-corrected chi connectivity index (χ3v) is 6.72. The largest absolute Gasteiger partial charge is 0.376 e. The Hall–Kier alpha value is -2.32. The van der Waals surface area contributed by atoms with Gasteiger partial charge in [-0.1, -0.05) is 36.9 Å². The van der Waals surface area contributed by atoms with Crippen molar-refractivity contribution in [2.45, 2.75) is 64.8 Å². The summed E-state index contributed by atoms with van der Waals surface area (Å²) in [5, 5.41) is 3.76. The topological polar surface area (TPSA) is 76.5 Å². The van der Waals surface area contributed by atoms with Crippen molar-refractivity contribution in [3.05, 3.63) is 41.2 Å². The van der Waals surface area contributed by atoms with Gasteiger partial charge in [0.25, 0.3) is 0 Å². The fraction of sp³-hybridized carbons (Fsp3) is 0.542. The first-order chi connectivity index (χ1) is 15.4. The van der Waals surface area contributed by atoms with Gasteiger partial charge in [0, 0.05) is 24.5 Å². The molecule has 1 aliphatic heterocycles. The maximum Gasteiger partial charge on any atom is 0.244 e. The maximum absolute atomic E-state index is 13.0. The van der Waals surface area contributed by atoms with Crippen LogP contribution in [0.4, 0.5) is 5.69 Å². The first-order valence-corrected chi connectivity index (χ1v) is 12.3. The average molecular weight is 459 g/mol. The normalized spacial score (nSPS) is 15.7. The number of nitrogens with zero attached hydrogens (tertiary/aromatic N) is 3. The van der Waals surface area contributed by atoms with Crippen LogP contribution in [0.25, 0.3) is 0 Å². The van der Waals surface area contributed by atoms with Crippen molar-refractivity contribution in [3.8, 4) is 0 Å². The summed E-state index contributed by atoms with van der Waals surface area (Å²) in [6.07, 6.45) is 3.15. The molecule has 0 spiro atoms. The van der Waals surface area contributed by atoms with Crippen LogP contribution in [0.3, 0.4) is 0 Å². The SMILES string of the molecule is CCCN(CC(=O)Nc1ccccc1C)C(=O)CSc1nc(C)c(C)n1C[C@@H]1CCCO1. The summed E-state index contributed by atoms with van der Waals surface area (Å²) in [6, 6.07) is 7.63. The predicted molar refractivity (Wildman–Crippen MR) is 128 cm³/mol. The molecule has 0 aliphatic carbocycles. The van der Waals surface area contributed by atoms with E-state index in [0.717, 1.165) is 60.2 Å². The average Bonchev–Trinajstić information content (AvgIpc) is 3.37. The van der Waals surface area contributed by atoms with Gasteiger partial charge in [0.2, 0.25) is 11.8 Å². The lowest BCUT2D eigenvalue weighted by Crippen LogP contribution is -2.39. The van der Waals surface area contributed by atoms with Gasteiger partial charge in [-0.25, -0.2) is 4.98 Å². The van der Waals surface area contributed by atoms with Gasteiger partial charge in [-0.2, -0.15) is 0 Å². The number of para-hydroxylation sites is 1. The molecule has 0 saturated carbocycles. The van der Waals surface area contributed by atoms with E-state index in [1.165, 1.54) is 11.8 Å². The molecule has 2 aromatic rings.